The molecule has 4 aliphatic rings. The summed E-state index contributed by atoms with van der Waals surface area (Å²) in [7, 11) is 3.79. The van der Waals surface area contributed by atoms with Crippen LogP contribution in [0.4, 0.5) is 4.79 Å². The van der Waals surface area contributed by atoms with E-state index in [2.05, 4.69) is 41.7 Å². The molecule has 5 atom stereocenters. The van der Waals surface area contributed by atoms with Crippen molar-refractivity contribution >= 4 is 52.8 Å². The van der Waals surface area contributed by atoms with Crippen molar-refractivity contribution in [3.63, 3.8) is 0 Å². The van der Waals surface area contributed by atoms with Crippen molar-refractivity contribution in [1.29, 1.82) is 0 Å². The van der Waals surface area contributed by atoms with Crippen LogP contribution in [0.25, 0.3) is 0 Å². The summed E-state index contributed by atoms with van der Waals surface area (Å²) in [6, 6.07) is 3.86. The minimum absolute atomic E-state index is 0.102. The van der Waals surface area contributed by atoms with Crippen molar-refractivity contribution in [1.82, 2.24) is 31.1 Å². The molecule has 0 aliphatic carbocycles. The van der Waals surface area contributed by atoms with E-state index in [1.165, 1.54) is 0 Å². The van der Waals surface area contributed by atoms with Crippen LogP contribution in [0.1, 0.15) is 36.2 Å². The number of alkyl halides is 3. The number of likely N-dealkylation sites (N-methyl/N-ethyl adjacent to an activating group) is 1. The first-order chi connectivity index (χ1) is 19.6. The van der Waals surface area contributed by atoms with Gasteiger partial charge in [-0.15, -0.1) is 0 Å². The van der Waals surface area contributed by atoms with Gasteiger partial charge in [0.15, 0.2) is 5.66 Å². The zero-order chi connectivity index (χ0) is 30.6. The summed E-state index contributed by atoms with van der Waals surface area (Å²) in [4.78, 5) is 34.9. The molecule has 15 heteroatoms. The third kappa shape index (κ3) is 5.67. The van der Waals surface area contributed by atoms with E-state index >= 15 is 0 Å². The number of para-hydroxylation sites is 1. The number of benzene rings is 1. The van der Waals surface area contributed by atoms with E-state index in [0.717, 1.165) is 12.0 Å². The van der Waals surface area contributed by atoms with Gasteiger partial charge in [-0.3, -0.25) is 10.1 Å². The number of fused-ring (bicyclic) bond motifs is 1. The molecule has 230 valence electrons. The maximum absolute atomic E-state index is 13.7. The average Bonchev–Trinajstić information content (AvgIpc) is 3.38. The molecule has 4 aliphatic heterocycles. The van der Waals surface area contributed by atoms with E-state index < -0.39 is 46.4 Å². The zero-order valence-corrected chi connectivity index (χ0v) is 26.1. The highest BCUT2D eigenvalue weighted by Crippen LogP contribution is 2.42. The van der Waals surface area contributed by atoms with E-state index in [1.54, 1.807) is 11.0 Å². The van der Waals surface area contributed by atoms with E-state index in [9.17, 15) is 14.7 Å². The number of carbonyl (C=O) groups excluding carboxylic acids is 2. The highest BCUT2D eigenvalue weighted by Gasteiger charge is 2.66. The number of aliphatic hydroxyl groups excluding tert-OH is 1. The molecule has 2 fully saturated rings. The maximum Gasteiger partial charge on any atom is 0.414 e. The summed E-state index contributed by atoms with van der Waals surface area (Å²) in [5, 5.41) is 24.1. The lowest BCUT2D eigenvalue weighted by atomic mass is 9.79. The number of aliphatic hydroxyl groups is 1. The van der Waals surface area contributed by atoms with Gasteiger partial charge in [-0.1, -0.05) is 67.4 Å². The second kappa shape index (κ2) is 11.1. The van der Waals surface area contributed by atoms with Crippen molar-refractivity contribution < 1.29 is 24.2 Å². The number of alkyl carbamates (subject to hydrolysis) is 1. The summed E-state index contributed by atoms with van der Waals surface area (Å²) in [6.45, 7) is 8.87. The summed E-state index contributed by atoms with van der Waals surface area (Å²) >= 11 is 17.2. The summed E-state index contributed by atoms with van der Waals surface area (Å²) in [5.41, 5.74) is -0.00169. The third-order valence-corrected chi connectivity index (χ3v) is 8.48. The molecule has 0 bridgehead atoms. The van der Waals surface area contributed by atoms with Crippen LogP contribution in [-0.2, 0) is 10.2 Å². The predicted octanol–water partition coefficient (Wildman–Crippen LogP) is 1.65. The molecule has 2 saturated heterocycles. The smallest absolute Gasteiger partial charge is 0.414 e. The van der Waals surface area contributed by atoms with Crippen LogP contribution in [0.3, 0.4) is 0 Å². The first-order valence-electron chi connectivity index (χ1n) is 13.6. The number of ether oxygens (including phenoxy) is 2. The molecule has 0 saturated carbocycles. The van der Waals surface area contributed by atoms with E-state index in [0.29, 0.717) is 30.3 Å². The minimum Gasteiger partial charge on any atom is -0.492 e. The molecule has 0 unspecified atom stereocenters. The Morgan fingerprint density at radius 2 is 2.07 bits per heavy atom. The molecule has 4 heterocycles. The average molecular weight is 645 g/mol. The Morgan fingerprint density at radius 3 is 2.76 bits per heavy atom. The van der Waals surface area contributed by atoms with Crippen LogP contribution in [0.2, 0.25) is 0 Å². The molecule has 1 aromatic carbocycles. The van der Waals surface area contributed by atoms with E-state index in [4.69, 9.17) is 49.3 Å². The van der Waals surface area contributed by atoms with Gasteiger partial charge in [0.2, 0.25) is 9.75 Å². The number of carbonyl (C=O) groups is 2. The molecule has 12 nitrogen and oxygen atoms in total. The number of hydrogen-bond donors (Lipinski definition) is 5. The lowest BCUT2D eigenvalue weighted by molar-refractivity contribution is 0.00910. The topological polar surface area (TPSA) is 140 Å². The molecular formula is C27H36Cl3N7O5. The number of halogens is 3. The molecule has 5 N–H and O–H groups in total. The van der Waals surface area contributed by atoms with Crippen molar-refractivity contribution in [3.05, 3.63) is 41.7 Å². The van der Waals surface area contributed by atoms with Gasteiger partial charge in [0, 0.05) is 18.7 Å². The SMILES string of the molecule is C=C1N[C@H]2[C@H](CN(C)C)N=C(NC(=O)OCC(Cl)(Cl)Cl)N3C[C@H](NC(=O)c4cccc5c4OCCC5(C)C)[C@H](O)[C@]23N1. The van der Waals surface area contributed by atoms with Crippen molar-refractivity contribution in [2.75, 3.05) is 40.4 Å². The lowest BCUT2D eigenvalue weighted by Crippen LogP contribution is -2.73. The molecule has 0 radical (unpaired) electrons. The van der Waals surface area contributed by atoms with Gasteiger partial charge < -0.3 is 40.3 Å². The molecular weight excluding hydrogens is 609 g/mol. The van der Waals surface area contributed by atoms with Gasteiger partial charge in [0.25, 0.3) is 5.91 Å². The number of aliphatic imine (C=N–C) groups is 1. The van der Waals surface area contributed by atoms with Crippen molar-refractivity contribution in [2.45, 2.75) is 59.4 Å². The van der Waals surface area contributed by atoms with Crippen LogP contribution >= 0.6 is 34.8 Å². The van der Waals surface area contributed by atoms with E-state index in [-0.39, 0.29) is 23.8 Å². The molecule has 0 aromatic heterocycles. The van der Waals surface area contributed by atoms with Gasteiger partial charge in [-0.2, -0.15) is 0 Å². The van der Waals surface area contributed by atoms with Crippen LogP contribution in [-0.4, -0.2) is 107 Å². The molecule has 42 heavy (non-hydrogen) atoms. The normalized spacial score (nSPS) is 29.3. The fraction of sp³-hybridized carbons (Fsp3) is 0.593. The molecule has 1 spiro atoms. The summed E-state index contributed by atoms with van der Waals surface area (Å²) < 4.78 is 9.25. The number of rotatable bonds is 5. The zero-order valence-electron chi connectivity index (χ0n) is 23.8. The molecule has 5 rings (SSSR count). The van der Waals surface area contributed by atoms with E-state index in [1.807, 2.05) is 31.1 Å². The second-order valence-corrected chi connectivity index (χ2v) is 14.5. The highest BCUT2D eigenvalue weighted by molar-refractivity contribution is 6.67. The third-order valence-electron chi connectivity index (χ3n) is 8.15. The lowest BCUT2D eigenvalue weighted by Gasteiger charge is -2.47. The van der Waals surface area contributed by atoms with Gasteiger partial charge >= 0.3 is 6.09 Å². The van der Waals surface area contributed by atoms with Crippen LogP contribution in [0, 0.1) is 0 Å². The monoisotopic (exact) mass is 643 g/mol. The van der Waals surface area contributed by atoms with Crippen LogP contribution in [0.5, 0.6) is 5.75 Å². The Kier molecular flexibility index (Phi) is 8.16. The fourth-order valence-electron chi connectivity index (χ4n) is 6.23. The Bertz CT molecular complexity index is 1300. The van der Waals surface area contributed by atoms with Gasteiger partial charge in [-0.05, 0) is 32.0 Å². The molecule has 2 amide bonds. The molecule has 1 aromatic rings. The number of nitrogens with one attached hydrogen (secondary N) is 4. The van der Waals surface area contributed by atoms with Gasteiger partial charge in [-0.25, -0.2) is 9.79 Å². The first-order valence-corrected chi connectivity index (χ1v) is 14.8. The Balaban J connectivity index is 1.45. The highest BCUT2D eigenvalue weighted by atomic mass is 35.6. The summed E-state index contributed by atoms with van der Waals surface area (Å²) in [6.07, 6.45) is -1.20. The number of amides is 2. The standard InChI is InChI=1S/C27H36Cl3N7O5/c1-14-31-20-17(11-36(4)5)33-23(34-24(40)42-13-26(28,29)30)37-12-18(21(38)27(20,37)35-14)32-22(39)15-7-6-8-16-19(15)41-10-9-25(16,2)3/h6-8,17-18,20-21,31,35,38H,1,9-13H2,2-5H3,(H,32,39)(H,33,34,40)/t17-,18-,20-,21-,27-/m0/s1. The first kappa shape index (κ1) is 30.8. The quantitative estimate of drug-likeness (QED) is 0.303. The van der Waals surface area contributed by atoms with Crippen molar-refractivity contribution in [3.8, 4) is 5.75 Å². The predicted molar refractivity (Wildman–Crippen MR) is 160 cm³/mol. The van der Waals surface area contributed by atoms with Gasteiger partial charge in [0.1, 0.15) is 18.5 Å². The number of hydrogen-bond acceptors (Lipinski definition) is 10. The number of guanidine groups is 1. The van der Waals surface area contributed by atoms with Crippen LogP contribution < -0.4 is 26.0 Å². The van der Waals surface area contributed by atoms with Crippen LogP contribution in [0.15, 0.2) is 35.6 Å². The maximum atomic E-state index is 13.7. The Labute approximate surface area is 259 Å². The Hall–Kier alpha value is -2.64. The van der Waals surface area contributed by atoms with Crippen molar-refractivity contribution in [2.24, 2.45) is 4.99 Å². The Morgan fingerprint density at radius 1 is 1.33 bits per heavy atom. The van der Waals surface area contributed by atoms with Gasteiger partial charge in [0.05, 0.1) is 36.1 Å². The summed E-state index contributed by atoms with van der Waals surface area (Å²) in [5.74, 6) is 0.773. The largest absolute Gasteiger partial charge is 0.492 e. The number of nitrogens with zero attached hydrogens (tertiary/aromatic N) is 3. The second-order valence-electron chi connectivity index (χ2n) is 11.9. The minimum atomic E-state index is -1.80. The fourth-order valence-corrected chi connectivity index (χ4v) is 6.39.